The molecule has 0 fully saturated rings. The maximum Gasteiger partial charge on any atom is 0.321 e. The van der Waals surface area contributed by atoms with E-state index in [2.05, 4.69) is 26.2 Å². The quantitative estimate of drug-likeness (QED) is 0.659. The van der Waals surface area contributed by atoms with Gasteiger partial charge in [0, 0.05) is 16.2 Å². The zero-order chi connectivity index (χ0) is 14.0. The molecule has 0 aliphatic heterocycles. The number of carbonyl (C=O) groups is 1. The van der Waals surface area contributed by atoms with Crippen molar-refractivity contribution in [3.63, 3.8) is 0 Å². The van der Waals surface area contributed by atoms with Crippen LogP contribution in [-0.4, -0.2) is 15.8 Å². The summed E-state index contributed by atoms with van der Waals surface area (Å²) >= 11 is 9.07. The van der Waals surface area contributed by atoms with Gasteiger partial charge in [-0.1, -0.05) is 11.6 Å². The largest absolute Gasteiger partial charge is 0.358 e. The van der Waals surface area contributed by atoms with Crippen molar-refractivity contribution in [1.29, 1.82) is 0 Å². The van der Waals surface area contributed by atoms with E-state index in [-0.39, 0.29) is 11.5 Å². The number of amides is 1. The first-order valence-corrected chi connectivity index (χ1v) is 6.24. The third-order valence-electron chi connectivity index (χ3n) is 2.29. The molecule has 0 bridgehead atoms. The molecule has 0 atom stereocenters. The molecule has 0 saturated carbocycles. The van der Waals surface area contributed by atoms with E-state index in [1.165, 1.54) is 12.1 Å². The summed E-state index contributed by atoms with van der Waals surface area (Å²) in [6.45, 7) is 0. The highest BCUT2D eigenvalue weighted by atomic mass is 79.9. The molecule has 0 aliphatic carbocycles. The molecule has 6 nitrogen and oxygen atoms in total. The molecule has 1 heterocycles. The van der Waals surface area contributed by atoms with Crippen LogP contribution < -0.4 is 5.32 Å². The number of nitrogens with zero attached hydrogens (tertiary/aromatic N) is 1. The first kappa shape index (κ1) is 13.6. The van der Waals surface area contributed by atoms with Gasteiger partial charge < -0.3 is 15.4 Å². The highest BCUT2D eigenvalue weighted by Crippen LogP contribution is 2.25. The third-order valence-corrected chi connectivity index (χ3v) is 3.50. The van der Waals surface area contributed by atoms with E-state index in [1.54, 1.807) is 18.2 Å². The fourth-order valence-corrected chi connectivity index (χ4v) is 1.89. The molecule has 1 aromatic carbocycles. The van der Waals surface area contributed by atoms with Crippen molar-refractivity contribution < 1.29 is 9.72 Å². The van der Waals surface area contributed by atoms with Crippen LogP contribution in [0, 0.1) is 10.1 Å². The Morgan fingerprint density at radius 3 is 2.68 bits per heavy atom. The van der Waals surface area contributed by atoms with Crippen LogP contribution in [0.3, 0.4) is 0 Å². The van der Waals surface area contributed by atoms with Gasteiger partial charge >= 0.3 is 5.82 Å². The number of hydrogen-bond acceptors (Lipinski definition) is 3. The molecule has 0 radical (unpaired) electrons. The number of hydrogen-bond donors (Lipinski definition) is 2. The number of carbonyl (C=O) groups excluding carboxylic acids is 1. The molecular formula is C11H7BrClN3O3. The fourth-order valence-electron chi connectivity index (χ4n) is 1.39. The zero-order valence-corrected chi connectivity index (χ0v) is 11.7. The monoisotopic (exact) mass is 343 g/mol. The van der Waals surface area contributed by atoms with E-state index >= 15 is 0 Å². The van der Waals surface area contributed by atoms with E-state index in [0.717, 1.165) is 0 Å². The van der Waals surface area contributed by atoms with E-state index < -0.39 is 10.8 Å². The van der Waals surface area contributed by atoms with Crippen LogP contribution >= 0.6 is 27.5 Å². The molecule has 98 valence electrons. The zero-order valence-electron chi connectivity index (χ0n) is 9.31. The van der Waals surface area contributed by atoms with Crippen molar-refractivity contribution >= 4 is 44.9 Å². The number of H-pyrrole nitrogens is 1. The van der Waals surface area contributed by atoms with Gasteiger partial charge in [0.1, 0.15) is 0 Å². The fraction of sp³-hybridized carbons (Fsp3) is 0. The molecule has 8 heteroatoms. The predicted molar refractivity (Wildman–Crippen MR) is 74.6 cm³/mol. The van der Waals surface area contributed by atoms with Gasteiger partial charge in [-0.25, -0.2) is 4.98 Å². The van der Waals surface area contributed by atoms with E-state index in [4.69, 9.17) is 11.6 Å². The Morgan fingerprint density at radius 1 is 1.37 bits per heavy atom. The maximum atomic E-state index is 11.8. The summed E-state index contributed by atoms with van der Waals surface area (Å²) < 4.78 is 0.643. The minimum atomic E-state index is -0.602. The average molecular weight is 345 g/mol. The standard InChI is InChI=1S/C11H7BrClN3O3/c12-7-5-6(1-2-8(7)13)14-11(17)9-3-4-10(15-9)16(18)19/h1-5,15H,(H,14,17). The van der Waals surface area contributed by atoms with Crippen molar-refractivity contribution in [2.75, 3.05) is 5.32 Å². The summed E-state index contributed by atoms with van der Waals surface area (Å²) in [4.78, 5) is 24.1. The molecule has 1 amide bonds. The van der Waals surface area contributed by atoms with Crippen LogP contribution in [0.2, 0.25) is 5.02 Å². The van der Waals surface area contributed by atoms with Crippen molar-refractivity contribution in [2.45, 2.75) is 0 Å². The lowest BCUT2D eigenvalue weighted by atomic mass is 10.3. The second kappa shape index (κ2) is 5.41. The highest BCUT2D eigenvalue weighted by molar-refractivity contribution is 9.10. The topological polar surface area (TPSA) is 88.0 Å². The minimum absolute atomic E-state index is 0.109. The van der Waals surface area contributed by atoms with E-state index in [9.17, 15) is 14.9 Å². The summed E-state index contributed by atoms with van der Waals surface area (Å²) in [5.41, 5.74) is 0.635. The van der Waals surface area contributed by atoms with Gasteiger partial charge in [0.15, 0.2) is 5.69 Å². The second-order valence-corrected chi connectivity index (χ2v) is 4.86. The summed E-state index contributed by atoms with van der Waals surface area (Å²) in [6.07, 6.45) is 0. The number of benzene rings is 1. The van der Waals surface area contributed by atoms with Crippen molar-refractivity contribution in [1.82, 2.24) is 4.98 Å². The van der Waals surface area contributed by atoms with Crippen molar-refractivity contribution in [2.24, 2.45) is 0 Å². The average Bonchev–Trinajstić information content (AvgIpc) is 2.83. The first-order valence-electron chi connectivity index (χ1n) is 5.07. The van der Waals surface area contributed by atoms with Crippen LogP contribution in [0.15, 0.2) is 34.8 Å². The van der Waals surface area contributed by atoms with Crippen molar-refractivity contribution in [3.05, 3.63) is 55.6 Å². The molecule has 0 unspecified atom stereocenters. The predicted octanol–water partition coefficient (Wildman–Crippen LogP) is 3.59. The SMILES string of the molecule is O=C(Nc1ccc(Cl)c(Br)c1)c1ccc([N+](=O)[O-])[nH]1. The van der Waals surface area contributed by atoms with Crippen LogP contribution in [0.5, 0.6) is 0 Å². The number of rotatable bonds is 3. The van der Waals surface area contributed by atoms with Crippen LogP contribution in [0.4, 0.5) is 11.5 Å². The summed E-state index contributed by atoms with van der Waals surface area (Å²) in [5.74, 6) is -0.704. The molecule has 2 N–H and O–H groups in total. The lowest BCUT2D eigenvalue weighted by Gasteiger charge is -2.04. The Hall–Kier alpha value is -1.86. The maximum absolute atomic E-state index is 11.8. The lowest BCUT2D eigenvalue weighted by Crippen LogP contribution is -2.12. The molecule has 2 aromatic rings. The molecule has 19 heavy (non-hydrogen) atoms. The molecule has 1 aromatic heterocycles. The number of anilines is 1. The normalized spacial score (nSPS) is 10.2. The van der Waals surface area contributed by atoms with Gasteiger partial charge in [-0.15, -0.1) is 0 Å². The summed E-state index contributed by atoms with van der Waals surface area (Å²) in [6, 6.07) is 7.46. The lowest BCUT2D eigenvalue weighted by molar-refractivity contribution is -0.389. The van der Waals surface area contributed by atoms with Crippen LogP contribution in [0.25, 0.3) is 0 Å². The van der Waals surface area contributed by atoms with Gasteiger partial charge in [-0.05, 0) is 45.1 Å². The first-order chi connectivity index (χ1) is 8.97. The third kappa shape index (κ3) is 3.12. The summed E-state index contributed by atoms with van der Waals surface area (Å²) in [5, 5.41) is 13.6. The smallest absolute Gasteiger partial charge is 0.321 e. The number of nitrogens with one attached hydrogen (secondary N) is 2. The number of aromatic nitrogens is 1. The molecule has 2 rings (SSSR count). The minimum Gasteiger partial charge on any atom is -0.358 e. The Morgan fingerprint density at radius 2 is 2.11 bits per heavy atom. The molecular weight excluding hydrogens is 337 g/mol. The van der Waals surface area contributed by atoms with Crippen molar-refractivity contribution in [3.8, 4) is 0 Å². The van der Waals surface area contributed by atoms with Gasteiger partial charge in [0.05, 0.1) is 5.02 Å². The summed E-state index contributed by atoms with van der Waals surface area (Å²) in [7, 11) is 0. The van der Waals surface area contributed by atoms with Crippen LogP contribution in [-0.2, 0) is 0 Å². The van der Waals surface area contributed by atoms with Gasteiger partial charge in [-0.3, -0.25) is 4.79 Å². The number of nitro groups is 1. The Balaban J connectivity index is 2.15. The van der Waals surface area contributed by atoms with E-state index in [1.807, 2.05) is 0 Å². The molecule has 0 aliphatic rings. The van der Waals surface area contributed by atoms with Gasteiger partial charge in [-0.2, -0.15) is 0 Å². The van der Waals surface area contributed by atoms with Gasteiger partial charge in [0.2, 0.25) is 0 Å². The Kier molecular flexibility index (Phi) is 3.87. The van der Waals surface area contributed by atoms with Crippen LogP contribution in [0.1, 0.15) is 10.5 Å². The van der Waals surface area contributed by atoms with E-state index in [0.29, 0.717) is 15.2 Å². The highest BCUT2D eigenvalue weighted by Gasteiger charge is 2.15. The second-order valence-electron chi connectivity index (χ2n) is 3.60. The van der Waals surface area contributed by atoms with Gasteiger partial charge in [0.25, 0.3) is 5.91 Å². The molecule has 0 spiro atoms. The Bertz CT molecular complexity index is 656. The Labute approximate surface area is 121 Å². The number of aromatic amines is 1. The molecule has 0 saturated heterocycles. The number of halogens is 2.